The van der Waals surface area contributed by atoms with Crippen molar-refractivity contribution in [1.29, 1.82) is 0 Å². The van der Waals surface area contributed by atoms with Crippen LogP contribution in [0.15, 0.2) is 34.3 Å². The molecule has 5 nitrogen and oxygen atoms in total. The largest absolute Gasteiger partial charge is 0.494 e. The number of hydrogen-bond acceptors (Lipinski definition) is 5. The van der Waals surface area contributed by atoms with Gasteiger partial charge in [-0.3, -0.25) is 19.6 Å². The molecule has 0 N–H and O–H groups in total. The summed E-state index contributed by atoms with van der Waals surface area (Å²) in [5.41, 5.74) is 0.359. The average molecular weight is 341 g/mol. The Bertz CT molecular complexity index is 1070. The fourth-order valence-electron chi connectivity index (χ4n) is 3.23. The van der Waals surface area contributed by atoms with Gasteiger partial charge in [0.25, 0.3) is 0 Å². The normalized spacial score (nSPS) is 16.7. The first-order chi connectivity index (χ1) is 11.4. The molecule has 2 aliphatic rings. The molecular weight excluding hydrogens is 328 g/mol. The quantitative estimate of drug-likeness (QED) is 0.681. The van der Waals surface area contributed by atoms with Crippen molar-refractivity contribution in [3.63, 3.8) is 0 Å². The Balaban J connectivity index is 2.22. The first kappa shape index (κ1) is 15.0. The lowest BCUT2D eigenvalue weighted by atomic mass is 9.83. The number of fused-ring (bicyclic) bond motifs is 4. The molecule has 0 unspecified atom stereocenters. The third-order valence-corrected chi connectivity index (χ3v) is 4.54. The highest BCUT2D eigenvalue weighted by molar-refractivity contribution is 6.35. The van der Waals surface area contributed by atoms with Gasteiger partial charge in [0.2, 0.25) is 0 Å². The summed E-state index contributed by atoms with van der Waals surface area (Å²) in [6.07, 6.45) is 0. The molecule has 0 bridgehead atoms. The Morgan fingerprint density at radius 3 is 2.08 bits per heavy atom. The highest BCUT2D eigenvalue weighted by atomic mass is 35.5. The number of carbonyl (C=O) groups is 2. The number of nitrogens with zero attached hydrogens (tertiary/aromatic N) is 2. The van der Waals surface area contributed by atoms with Gasteiger partial charge in [-0.25, -0.2) is 0 Å². The maximum absolute atomic E-state index is 13.1. The number of carbonyl (C=O) groups excluding carboxylic acids is 2. The van der Waals surface area contributed by atoms with E-state index in [1.807, 2.05) is 13.8 Å². The van der Waals surface area contributed by atoms with Crippen molar-refractivity contribution in [3.8, 4) is 5.75 Å². The van der Waals surface area contributed by atoms with Crippen LogP contribution in [0.5, 0.6) is 5.75 Å². The highest BCUT2D eigenvalue weighted by Crippen LogP contribution is 2.35. The summed E-state index contributed by atoms with van der Waals surface area (Å²) in [6, 6.07) is 6.72. The molecule has 4 rings (SSSR count). The molecule has 0 amide bonds. The van der Waals surface area contributed by atoms with E-state index in [0.29, 0.717) is 21.8 Å². The van der Waals surface area contributed by atoms with Crippen molar-refractivity contribution in [2.45, 2.75) is 19.5 Å². The second kappa shape index (κ2) is 4.74. The fourth-order valence-corrected chi connectivity index (χ4v) is 3.54. The molecule has 24 heavy (non-hydrogen) atoms. The lowest BCUT2D eigenvalue weighted by molar-refractivity contribution is 0.0975. The maximum atomic E-state index is 13.1. The van der Waals surface area contributed by atoms with Crippen LogP contribution in [0, 0.1) is 0 Å². The number of halogens is 1. The minimum Gasteiger partial charge on any atom is -0.494 e. The number of rotatable bonds is 1. The Morgan fingerprint density at radius 1 is 0.958 bits per heavy atom. The lowest BCUT2D eigenvalue weighted by Crippen LogP contribution is -2.37. The molecule has 120 valence electrons. The second-order valence-corrected chi connectivity index (χ2v) is 6.59. The summed E-state index contributed by atoms with van der Waals surface area (Å²) < 4.78 is 5.36. The monoisotopic (exact) mass is 340 g/mol. The molecule has 0 fully saturated rings. The van der Waals surface area contributed by atoms with E-state index in [0.717, 1.165) is 0 Å². The summed E-state index contributed by atoms with van der Waals surface area (Å²) in [7, 11) is 1.42. The van der Waals surface area contributed by atoms with Gasteiger partial charge in [-0.15, -0.1) is 0 Å². The van der Waals surface area contributed by atoms with E-state index in [1.54, 1.807) is 24.3 Å². The summed E-state index contributed by atoms with van der Waals surface area (Å²) in [4.78, 5) is 35.0. The summed E-state index contributed by atoms with van der Waals surface area (Å²) in [5, 5.41) is 0.979. The van der Waals surface area contributed by atoms with Crippen LogP contribution in [0.1, 0.15) is 45.7 Å². The molecule has 0 saturated heterocycles. The summed E-state index contributed by atoms with van der Waals surface area (Å²) in [6.45, 7) is 3.62. The predicted octanol–water partition coefficient (Wildman–Crippen LogP) is 2.11. The number of methoxy groups -OCH3 is 1. The van der Waals surface area contributed by atoms with Crippen molar-refractivity contribution in [2.75, 3.05) is 7.11 Å². The van der Waals surface area contributed by atoms with Crippen LogP contribution < -0.4 is 15.5 Å². The zero-order valence-corrected chi connectivity index (χ0v) is 14.1. The Hall–Kier alpha value is -2.53. The number of hydrogen-bond donors (Lipinski definition) is 0. The molecule has 1 aliphatic carbocycles. The van der Waals surface area contributed by atoms with Gasteiger partial charge in [0.15, 0.2) is 17.3 Å². The zero-order chi connectivity index (χ0) is 17.2. The highest BCUT2D eigenvalue weighted by Gasteiger charge is 2.37. The van der Waals surface area contributed by atoms with Crippen LogP contribution in [0.2, 0.25) is 5.02 Å². The van der Waals surface area contributed by atoms with Crippen molar-refractivity contribution in [3.05, 3.63) is 62.3 Å². The van der Waals surface area contributed by atoms with Crippen LogP contribution in [0.4, 0.5) is 0 Å². The van der Waals surface area contributed by atoms with E-state index in [9.17, 15) is 9.59 Å². The molecule has 1 aliphatic heterocycles. The molecule has 1 heterocycles. The zero-order valence-electron chi connectivity index (χ0n) is 13.3. The minimum absolute atomic E-state index is 0.168. The van der Waals surface area contributed by atoms with E-state index in [-0.39, 0.29) is 33.5 Å². The molecule has 6 heteroatoms. The molecule has 0 saturated carbocycles. The Labute approximate surface area is 142 Å². The maximum Gasteiger partial charge on any atom is 0.198 e. The third-order valence-electron chi connectivity index (χ3n) is 4.19. The van der Waals surface area contributed by atoms with Crippen LogP contribution in [0.3, 0.4) is 0 Å². The minimum atomic E-state index is -0.744. The van der Waals surface area contributed by atoms with E-state index in [1.165, 1.54) is 7.11 Å². The number of benzene rings is 2. The smallest absolute Gasteiger partial charge is 0.198 e. The standard InChI is InChI=1S/C18H13ClN2O3/c1-18(2)20-13-10-11(17(24-3)12(19)14(13)21-18)16(23)9-7-5-4-6-8(9)15(10)22/h4-7H,1-3H3. The number of ketones is 2. The van der Waals surface area contributed by atoms with E-state index >= 15 is 0 Å². The van der Waals surface area contributed by atoms with Crippen molar-refractivity contribution in [2.24, 2.45) is 9.98 Å². The molecule has 0 aromatic heterocycles. The van der Waals surface area contributed by atoms with Gasteiger partial charge in [-0.2, -0.15) is 0 Å². The fraction of sp³-hybridized carbons (Fsp3) is 0.222. The predicted molar refractivity (Wildman–Crippen MR) is 87.7 cm³/mol. The average Bonchev–Trinajstić information content (AvgIpc) is 2.88. The first-order valence-corrected chi connectivity index (χ1v) is 7.81. The molecule has 0 spiro atoms. The second-order valence-electron chi connectivity index (χ2n) is 6.22. The molecule has 0 radical (unpaired) electrons. The molecule has 2 aromatic carbocycles. The van der Waals surface area contributed by atoms with Crippen LogP contribution in [-0.2, 0) is 0 Å². The van der Waals surface area contributed by atoms with Gasteiger partial charge >= 0.3 is 0 Å². The lowest BCUT2D eigenvalue weighted by Gasteiger charge is -2.20. The van der Waals surface area contributed by atoms with E-state index in [2.05, 4.69) is 9.98 Å². The summed E-state index contributed by atoms with van der Waals surface area (Å²) >= 11 is 6.42. The topological polar surface area (TPSA) is 68.1 Å². The van der Waals surface area contributed by atoms with Gasteiger partial charge < -0.3 is 4.74 Å². The van der Waals surface area contributed by atoms with Gasteiger partial charge in [0.05, 0.1) is 23.6 Å². The van der Waals surface area contributed by atoms with E-state index < -0.39 is 5.66 Å². The number of ether oxygens (including phenoxy) is 1. The Kier molecular flexibility index (Phi) is 2.97. The molecule has 2 aromatic rings. The summed E-state index contributed by atoms with van der Waals surface area (Å²) in [5.74, 6) is -0.375. The molecule has 0 atom stereocenters. The SMILES string of the molecule is COc1c2c(c3c(c1Cl)=NC(C)(C)N=3)C(=O)c1ccccc1C2=O. The van der Waals surface area contributed by atoms with Gasteiger partial charge in [0.1, 0.15) is 16.0 Å². The van der Waals surface area contributed by atoms with Crippen molar-refractivity contribution in [1.82, 2.24) is 0 Å². The van der Waals surface area contributed by atoms with Crippen LogP contribution in [-0.4, -0.2) is 24.3 Å². The third kappa shape index (κ3) is 1.82. The molecular formula is C18H13ClN2O3. The van der Waals surface area contributed by atoms with Gasteiger partial charge in [-0.1, -0.05) is 35.9 Å². The van der Waals surface area contributed by atoms with Crippen LogP contribution >= 0.6 is 11.6 Å². The Morgan fingerprint density at radius 2 is 1.50 bits per heavy atom. The van der Waals surface area contributed by atoms with Crippen molar-refractivity contribution >= 4 is 23.2 Å². The van der Waals surface area contributed by atoms with E-state index in [4.69, 9.17) is 16.3 Å². The van der Waals surface area contributed by atoms with Crippen molar-refractivity contribution < 1.29 is 14.3 Å². The van der Waals surface area contributed by atoms with Crippen LogP contribution in [0.25, 0.3) is 0 Å². The van der Waals surface area contributed by atoms with Gasteiger partial charge in [-0.05, 0) is 13.8 Å². The first-order valence-electron chi connectivity index (χ1n) is 7.43. The van der Waals surface area contributed by atoms with Gasteiger partial charge in [0, 0.05) is 11.1 Å².